The lowest BCUT2D eigenvalue weighted by atomic mass is 10.2. The standard InChI is InChI=1S/C20H21F3N2O5S/c21-20(22,23)14-4-8-17(9-5-14)30-12-16(26)11-24-19(27)13-2-1-3-18(10-13)31(28,29)25-15-6-7-15/h1-5,8-10,15-16,25-26H,6-7,11-12H2,(H,24,27). The van der Waals surface area contributed by atoms with Gasteiger partial charge in [-0.3, -0.25) is 4.79 Å². The Morgan fingerprint density at radius 1 is 1.16 bits per heavy atom. The summed E-state index contributed by atoms with van der Waals surface area (Å²) in [6.45, 7) is -0.456. The van der Waals surface area contributed by atoms with Gasteiger partial charge in [0, 0.05) is 18.2 Å². The molecule has 11 heteroatoms. The van der Waals surface area contributed by atoms with Crippen LogP contribution in [0.5, 0.6) is 5.75 Å². The van der Waals surface area contributed by atoms with Gasteiger partial charge in [-0.1, -0.05) is 6.07 Å². The molecule has 1 aliphatic carbocycles. The number of amides is 1. The molecule has 1 atom stereocenters. The first-order valence-corrected chi connectivity index (χ1v) is 10.9. The zero-order chi connectivity index (χ0) is 22.6. The fourth-order valence-electron chi connectivity index (χ4n) is 2.60. The largest absolute Gasteiger partial charge is 0.491 e. The number of aliphatic hydroxyl groups excluding tert-OH is 1. The summed E-state index contributed by atoms with van der Waals surface area (Å²) in [6.07, 6.45) is -4.01. The van der Waals surface area contributed by atoms with Crippen molar-refractivity contribution in [1.29, 1.82) is 0 Å². The van der Waals surface area contributed by atoms with E-state index in [9.17, 15) is 31.5 Å². The number of benzene rings is 2. The number of halogens is 3. The van der Waals surface area contributed by atoms with Crippen LogP contribution in [0.1, 0.15) is 28.8 Å². The molecule has 0 heterocycles. The number of carbonyl (C=O) groups excluding carboxylic acids is 1. The Hall–Kier alpha value is -2.63. The fraction of sp³-hybridized carbons (Fsp3) is 0.350. The Morgan fingerprint density at radius 2 is 1.84 bits per heavy atom. The first-order chi connectivity index (χ1) is 14.5. The predicted octanol–water partition coefficient (Wildman–Crippen LogP) is 2.32. The molecule has 3 N–H and O–H groups in total. The molecule has 0 saturated heterocycles. The molecule has 1 aliphatic rings. The summed E-state index contributed by atoms with van der Waals surface area (Å²) >= 11 is 0. The van der Waals surface area contributed by atoms with Gasteiger partial charge in [0.2, 0.25) is 10.0 Å². The highest BCUT2D eigenvalue weighted by Crippen LogP contribution is 2.30. The minimum absolute atomic E-state index is 0.0294. The van der Waals surface area contributed by atoms with E-state index >= 15 is 0 Å². The minimum atomic E-state index is -4.45. The highest BCUT2D eigenvalue weighted by molar-refractivity contribution is 7.89. The van der Waals surface area contributed by atoms with Crippen LogP contribution >= 0.6 is 0 Å². The Bertz CT molecular complexity index is 1020. The molecule has 1 saturated carbocycles. The van der Waals surface area contributed by atoms with Gasteiger partial charge in [-0.25, -0.2) is 13.1 Å². The molecule has 7 nitrogen and oxygen atoms in total. The molecule has 31 heavy (non-hydrogen) atoms. The number of sulfonamides is 1. The van der Waals surface area contributed by atoms with Gasteiger partial charge in [0.25, 0.3) is 5.91 Å². The molecule has 168 valence electrons. The maximum Gasteiger partial charge on any atom is 0.416 e. The van der Waals surface area contributed by atoms with E-state index in [0.717, 1.165) is 37.1 Å². The molecule has 2 aromatic carbocycles. The molecule has 1 unspecified atom stereocenters. The molecule has 0 radical (unpaired) electrons. The molecule has 3 rings (SSSR count). The van der Waals surface area contributed by atoms with Crippen LogP contribution in [0.3, 0.4) is 0 Å². The quantitative estimate of drug-likeness (QED) is 0.535. The predicted molar refractivity (Wildman–Crippen MR) is 105 cm³/mol. The molecular weight excluding hydrogens is 437 g/mol. The van der Waals surface area contributed by atoms with Crippen LogP contribution in [0.2, 0.25) is 0 Å². The highest BCUT2D eigenvalue weighted by Gasteiger charge is 2.30. The lowest BCUT2D eigenvalue weighted by Crippen LogP contribution is -2.35. The second-order valence-electron chi connectivity index (χ2n) is 7.12. The van der Waals surface area contributed by atoms with Crippen LogP contribution in [0.4, 0.5) is 13.2 Å². The third kappa shape index (κ3) is 6.68. The number of aliphatic hydroxyl groups is 1. The van der Waals surface area contributed by atoms with Crippen molar-refractivity contribution in [3.63, 3.8) is 0 Å². The van der Waals surface area contributed by atoms with E-state index in [2.05, 4.69) is 10.0 Å². The average molecular weight is 458 g/mol. The minimum Gasteiger partial charge on any atom is -0.491 e. The van der Waals surface area contributed by atoms with Gasteiger partial charge in [-0.15, -0.1) is 0 Å². The monoisotopic (exact) mass is 458 g/mol. The Balaban J connectivity index is 1.49. The molecule has 1 fully saturated rings. The summed E-state index contributed by atoms with van der Waals surface area (Å²) in [5.41, 5.74) is -0.709. The molecule has 0 aliphatic heterocycles. The lowest BCUT2D eigenvalue weighted by molar-refractivity contribution is -0.137. The molecule has 0 aromatic heterocycles. The number of nitrogens with one attached hydrogen (secondary N) is 2. The van der Waals surface area contributed by atoms with Crippen LogP contribution in [-0.4, -0.2) is 44.7 Å². The van der Waals surface area contributed by atoms with Crippen LogP contribution in [-0.2, 0) is 16.2 Å². The summed E-state index contributed by atoms with van der Waals surface area (Å²) < 4.78 is 69.9. The first kappa shape index (κ1) is 23.0. The second kappa shape index (κ2) is 9.25. The van der Waals surface area contributed by atoms with Crippen molar-refractivity contribution in [2.45, 2.75) is 36.1 Å². The van der Waals surface area contributed by atoms with E-state index in [0.29, 0.717) is 0 Å². The number of hydrogen-bond donors (Lipinski definition) is 3. The topological polar surface area (TPSA) is 105 Å². The van der Waals surface area contributed by atoms with Crippen molar-refractivity contribution < 1.29 is 36.2 Å². The number of ether oxygens (including phenoxy) is 1. The third-order valence-electron chi connectivity index (χ3n) is 4.43. The summed E-state index contributed by atoms with van der Waals surface area (Å²) in [4.78, 5) is 12.3. The van der Waals surface area contributed by atoms with Crippen LogP contribution in [0, 0.1) is 0 Å². The van der Waals surface area contributed by atoms with Crippen molar-refractivity contribution >= 4 is 15.9 Å². The van der Waals surface area contributed by atoms with Gasteiger partial charge in [0.15, 0.2) is 0 Å². The van der Waals surface area contributed by atoms with E-state index in [1.165, 1.54) is 24.3 Å². The molecule has 0 spiro atoms. The van der Waals surface area contributed by atoms with Crippen molar-refractivity contribution in [2.75, 3.05) is 13.2 Å². The first-order valence-electron chi connectivity index (χ1n) is 9.43. The summed E-state index contributed by atoms with van der Waals surface area (Å²) in [7, 11) is -3.71. The van der Waals surface area contributed by atoms with Crippen LogP contribution in [0.25, 0.3) is 0 Å². The Morgan fingerprint density at radius 3 is 2.45 bits per heavy atom. The number of carbonyl (C=O) groups is 1. The normalized spacial score (nSPS) is 15.4. The summed E-state index contributed by atoms with van der Waals surface area (Å²) in [6, 6.07) is 9.44. The van der Waals surface area contributed by atoms with Gasteiger partial charge in [-0.05, 0) is 55.3 Å². The second-order valence-corrected chi connectivity index (χ2v) is 8.83. The van der Waals surface area contributed by atoms with Crippen LogP contribution in [0.15, 0.2) is 53.4 Å². The molecule has 1 amide bonds. The molecular formula is C20H21F3N2O5S. The SMILES string of the molecule is O=C(NCC(O)COc1ccc(C(F)(F)F)cc1)c1cccc(S(=O)(=O)NC2CC2)c1. The number of alkyl halides is 3. The van der Waals surface area contributed by atoms with Gasteiger partial charge >= 0.3 is 6.18 Å². The van der Waals surface area contributed by atoms with E-state index < -0.39 is 33.8 Å². The van der Waals surface area contributed by atoms with Gasteiger partial charge in [0.05, 0.1) is 10.5 Å². The smallest absolute Gasteiger partial charge is 0.416 e. The maximum absolute atomic E-state index is 12.5. The average Bonchev–Trinajstić information content (AvgIpc) is 3.53. The van der Waals surface area contributed by atoms with E-state index in [4.69, 9.17) is 4.74 Å². The third-order valence-corrected chi connectivity index (χ3v) is 5.95. The van der Waals surface area contributed by atoms with Gasteiger partial charge < -0.3 is 15.2 Å². The zero-order valence-corrected chi connectivity index (χ0v) is 17.0. The fourth-order valence-corrected chi connectivity index (χ4v) is 3.95. The zero-order valence-electron chi connectivity index (χ0n) is 16.2. The number of rotatable bonds is 9. The molecule has 2 aromatic rings. The van der Waals surface area contributed by atoms with E-state index in [-0.39, 0.29) is 35.4 Å². The van der Waals surface area contributed by atoms with Crippen molar-refractivity contribution in [1.82, 2.24) is 10.0 Å². The lowest BCUT2D eigenvalue weighted by Gasteiger charge is -2.14. The van der Waals surface area contributed by atoms with Crippen molar-refractivity contribution in [3.8, 4) is 5.75 Å². The maximum atomic E-state index is 12.5. The van der Waals surface area contributed by atoms with E-state index in [1.807, 2.05) is 0 Å². The highest BCUT2D eigenvalue weighted by atomic mass is 32.2. The molecule has 0 bridgehead atoms. The van der Waals surface area contributed by atoms with Crippen LogP contribution < -0.4 is 14.8 Å². The summed E-state index contributed by atoms with van der Waals surface area (Å²) in [5, 5.41) is 12.4. The Kier molecular flexibility index (Phi) is 6.87. The Labute approximate surface area is 177 Å². The van der Waals surface area contributed by atoms with E-state index in [1.54, 1.807) is 0 Å². The van der Waals surface area contributed by atoms with Gasteiger partial charge in [0.1, 0.15) is 18.5 Å². The van der Waals surface area contributed by atoms with Gasteiger partial charge in [-0.2, -0.15) is 13.2 Å². The number of hydrogen-bond acceptors (Lipinski definition) is 5. The van der Waals surface area contributed by atoms with Crippen molar-refractivity contribution in [2.24, 2.45) is 0 Å². The van der Waals surface area contributed by atoms with Crippen molar-refractivity contribution in [3.05, 3.63) is 59.7 Å². The summed E-state index contributed by atoms with van der Waals surface area (Å²) in [5.74, 6) is -0.448.